The second kappa shape index (κ2) is 13.2. The lowest BCUT2D eigenvalue weighted by atomic mass is 10.1. The van der Waals surface area contributed by atoms with Crippen molar-refractivity contribution in [2.45, 2.75) is 32.4 Å². The van der Waals surface area contributed by atoms with Crippen molar-refractivity contribution in [3.8, 4) is 5.75 Å². The number of ether oxygens (including phenoxy) is 2. The highest BCUT2D eigenvalue weighted by Gasteiger charge is 2.17. The number of carbonyl (C=O) groups is 1. The number of aryl methyl sites for hydroxylation is 1. The van der Waals surface area contributed by atoms with E-state index in [1.165, 1.54) is 0 Å². The summed E-state index contributed by atoms with van der Waals surface area (Å²) in [5.74, 6) is 1.25. The molecule has 1 saturated heterocycles. The van der Waals surface area contributed by atoms with Gasteiger partial charge in [-0.1, -0.05) is 30.3 Å². The molecular formula is C23H31IN4O3. The van der Waals surface area contributed by atoms with E-state index in [0.717, 1.165) is 42.0 Å². The maximum Gasteiger partial charge on any atom is 0.243 e. The van der Waals surface area contributed by atoms with Crippen LogP contribution in [0.1, 0.15) is 24.0 Å². The number of halogens is 1. The predicted octanol–water partition coefficient (Wildman–Crippen LogP) is 3.47. The van der Waals surface area contributed by atoms with E-state index in [9.17, 15) is 4.79 Å². The molecule has 3 N–H and O–H groups in total. The van der Waals surface area contributed by atoms with E-state index in [-0.39, 0.29) is 42.5 Å². The van der Waals surface area contributed by atoms with Crippen LogP contribution in [0.5, 0.6) is 5.75 Å². The molecule has 8 heteroatoms. The standard InChI is InChI=1S/C23H30N4O3.HI/c1-17-10-11-18(21(13-17)30-16-20-9-6-12-29-20)14-25-23(24-2)26-15-22(28)27-19-7-4-3-5-8-19;/h3-5,7-8,10-11,13,20H,6,9,12,14-16H2,1-2H3,(H,27,28)(H2,24,25,26);1H. The van der Waals surface area contributed by atoms with Crippen molar-refractivity contribution in [3.05, 3.63) is 59.7 Å². The van der Waals surface area contributed by atoms with Crippen LogP contribution in [-0.2, 0) is 16.1 Å². The summed E-state index contributed by atoms with van der Waals surface area (Å²) in [7, 11) is 1.68. The molecule has 1 amide bonds. The maximum atomic E-state index is 12.1. The van der Waals surface area contributed by atoms with Crippen molar-refractivity contribution in [2.24, 2.45) is 4.99 Å². The molecule has 31 heavy (non-hydrogen) atoms. The average molecular weight is 538 g/mol. The van der Waals surface area contributed by atoms with E-state index in [2.05, 4.69) is 27.0 Å². The molecule has 1 atom stereocenters. The fourth-order valence-corrected chi connectivity index (χ4v) is 3.19. The van der Waals surface area contributed by atoms with Crippen LogP contribution in [0.15, 0.2) is 53.5 Å². The zero-order chi connectivity index (χ0) is 21.2. The molecule has 168 valence electrons. The van der Waals surface area contributed by atoms with Crippen LogP contribution in [0.4, 0.5) is 5.69 Å². The average Bonchev–Trinajstić information content (AvgIpc) is 3.28. The minimum Gasteiger partial charge on any atom is -0.491 e. The van der Waals surface area contributed by atoms with Crippen LogP contribution in [0.3, 0.4) is 0 Å². The molecule has 0 aliphatic carbocycles. The summed E-state index contributed by atoms with van der Waals surface area (Å²) in [6.45, 7) is 4.06. The number of amides is 1. The van der Waals surface area contributed by atoms with Gasteiger partial charge in [-0.15, -0.1) is 24.0 Å². The summed E-state index contributed by atoms with van der Waals surface area (Å²) in [5, 5.41) is 9.11. The number of hydrogen-bond acceptors (Lipinski definition) is 4. The number of benzene rings is 2. The summed E-state index contributed by atoms with van der Waals surface area (Å²) in [5.41, 5.74) is 2.93. The molecule has 1 unspecified atom stereocenters. The van der Waals surface area contributed by atoms with Crippen LogP contribution in [0.2, 0.25) is 0 Å². The summed E-state index contributed by atoms with van der Waals surface area (Å²) < 4.78 is 11.7. The molecule has 0 saturated carbocycles. The Morgan fingerprint density at radius 2 is 2.00 bits per heavy atom. The fourth-order valence-electron chi connectivity index (χ4n) is 3.19. The second-order valence-electron chi connectivity index (χ2n) is 7.25. The molecule has 0 spiro atoms. The maximum absolute atomic E-state index is 12.1. The Hall–Kier alpha value is -2.33. The summed E-state index contributed by atoms with van der Waals surface area (Å²) >= 11 is 0. The molecule has 3 rings (SSSR count). The van der Waals surface area contributed by atoms with E-state index >= 15 is 0 Å². The van der Waals surface area contributed by atoms with Crippen LogP contribution < -0.4 is 20.7 Å². The zero-order valence-corrected chi connectivity index (χ0v) is 20.3. The lowest BCUT2D eigenvalue weighted by molar-refractivity contribution is -0.115. The molecule has 7 nitrogen and oxygen atoms in total. The molecule has 1 aliphatic heterocycles. The number of aliphatic imine (C=N–C) groups is 1. The van der Waals surface area contributed by atoms with Gasteiger partial charge in [-0.3, -0.25) is 9.79 Å². The molecule has 2 aromatic rings. The Balaban J connectivity index is 0.00000341. The first-order valence-electron chi connectivity index (χ1n) is 10.3. The van der Waals surface area contributed by atoms with E-state index in [0.29, 0.717) is 19.1 Å². The third-order valence-corrected chi connectivity index (χ3v) is 4.82. The smallest absolute Gasteiger partial charge is 0.243 e. The zero-order valence-electron chi connectivity index (χ0n) is 18.0. The summed E-state index contributed by atoms with van der Waals surface area (Å²) in [4.78, 5) is 16.3. The van der Waals surface area contributed by atoms with Crippen molar-refractivity contribution in [2.75, 3.05) is 32.1 Å². The fraction of sp³-hybridized carbons (Fsp3) is 0.391. The Morgan fingerprint density at radius 1 is 1.19 bits per heavy atom. The predicted molar refractivity (Wildman–Crippen MR) is 134 cm³/mol. The number of nitrogens with zero attached hydrogens (tertiary/aromatic N) is 1. The summed E-state index contributed by atoms with van der Waals surface area (Å²) in [6, 6.07) is 15.5. The monoisotopic (exact) mass is 538 g/mol. The SMILES string of the molecule is CN=C(NCC(=O)Nc1ccccc1)NCc1ccc(C)cc1OCC1CCCO1.I. The second-order valence-corrected chi connectivity index (χ2v) is 7.25. The highest BCUT2D eigenvalue weighted by atomic mass is 127. The number of carbonyl (C=O) groups excluding carboxylic acids is 1. The molecule has 0 bridgehead atoms. The van der Waals surface area contributed by atoms with Gasteiger partial charge in [-0.25, -0.2) is 0 Å². The van der Waals surface area contributed by atoms with Gasteiger partial charge in [0, 0.05) is 31.5 Å². The van der Waals surface area contributed by atoms with Gasteiger partial charge >= 0.3 is 0 Å². The molecular weight excluding hydrogens is 507 g/mol. The van der Waals surface area contributed by atoms with Crippen molar-refractivity contribution in [3.63, 3.8) is 0 Å². The lowest BCUT2D eigenvalue weighted by Gasteiger charge is -2.17. The van der Waals surface area contributed by atoms with Crippen molar-refractivity contribution in [1.29, 1.82) is 0 Å². The number of hydrogen-bond donors (Lipinski definition) is 3. The van der Waals surface area contributed by atoms with Crippen molar-refractivity contribution in [1.82, 2.24) is 10.6 Å². The first kappa shape index (κ1) is 24.9. The third-order valence-electron chi connectivity index (χ3n) is 4.82. The first-order valence-corrected chi connectivity index (χ1v) is 10.3. The molecule has 0 radical (unpaired) electrons. The summed E-state index contributed by atoms with van der Waals surface area (Å²) in [6.07, 6.45) is 2.31. The normalized spacial score (nSPS) is 15.7. The molecule has 0 aromatic heterocycles. The van der Waals surface area contributed by atoms with Crippen LogP contribution in [-0.4, -0.2) is 44.8 Å². The van der Waals surface area contributed by atoms with E-state index in [4.69, 9.17) is 9.47 Å². The van der Waals surface area contributed by atoms with Gasteiger partial charge in [-0.2, -0.15) is 0 Å². The number of rotatable bonds is 8. The molecule has 2 aromatic carbocycles. The largest absolute Gasteiger partial charge is 0.491 e. The van der Waals surface area contributed by atoms with Gasteiger partial charge in [0.25, 0.3) is 0 Å². The highest BCUT2D eigenvalue weighted by Crippen LogP contribution is 2.22. The molecule has 1 fully saturated rings. The Labute approximate surface area is 201 Å². The van der Waals surface area contributed by atoms with Crippen molar-refractivity contribution < 1.29 is 14.3 Å². The van der Waals surface area contributed by atoms with E-state index in [1.54, 1.807) is 7.05 Å². The van der Waals surface area contributed by atoms with Gasteiger partial charge < -0.3 is 25.4 Å². The van der Waals surface area contributed by atoms with E-state index in [1.807, 2.05) is 49.4 Å². The van der Waals surface area contributed by atoms with Gasteiger partial charge in [0.15, 0.2) is 5.96 Å². The Kier molecular flexibility index (Phi) is 10.6. The van der Waals surface area contributed by atoms with Gasteiger partial charge in [0.1, 0.15) is 12.4 Å². The van der Waals surface area contributed by atoms with Crippen LogP contribution in [0.25, 0.3) is 0 Å². The van der Waals surface area contributed by atoms with Gasteiger partial charge in [-0.05, 0) is 43.5 Å². The Morgan fingerprint density at radius 3 is 2.71 bits per heavy atom. The number of para-hydroxylation sites is 1. The minimum absolute atomic E-state index is 0. The minimum atomic E-state index is -0.139. The first-order chi connectivity index (χ1) is 14.6. The Bertz CT molecular complexity index is 855. The number of nitrogens with one attached hydrogen (secondary N) is 3. The van der Waals surface area contributed by atoms with Crippen molar-refractivity contribution >= 4 is 41.5 Å². The van der Waals surface area contributed by atoms with E-state index < -0.39 is 0 Å². The quantitative estimate of drug-likeness (QED) is 0.273. The van der Waals surface area contributed by atoms with Gasteiger partial charge in [0.05, 0.1) is 12.6 Å². The highest BCUT2D eigenvalue weighted by molar-refractivity contribution is 14.0. The van der Waals surface area contributed by atoms with Crippen LogP contribution in [0, 0.1) is 6.92 Å². The van der Waals surface area contributed by atoms with Gasteiger partial charge in [0.2, 0.25) is 5.91 Å². The topological polar surface area (TPSA) is 84.0 Å². The number of guanidine groups is 1. The molecule has 1 aliphatic rings. The molecule has 1 heterocycles. The lowest BCUT2D eigenvalue weighted by Crippen LogP contribution is -2.41. The third kappa shape index (κ3) is 8.37. The number of anilines is 1. The van der Waals surface area contributed by atoms with Crippen LogP contribution >= 0.6 is 24.0 Å².